The predicted octanol–water partition coefficient (Wildman–Crippen LogP) is 2.40. The monoisotopic (exact) mass is 408 g/mol. The van der Waals surface area contributed by atoms with Crippen molar-refractivity contribution >= 4 is 5.91 Å². The molecule has 1 aromatic carbocycles. The van der Waals surface area contributed by atoms with Crippen molar-refractivity contribution in [2.75, 3.05) is 33.8 Å². The van der Waals surface area contributed by atoms with Crippen LogP contribution in [0.2, 0.25) is 0 Å². The van der Waals surface area contributed by atoms with Crippen molar-refractivity contribution in [3.8, 4) is 23.1 Å². The highest BCUT2D eigenvalue weighted by atomic mass is 16.5. The summed E-state index contributed by atoms with van der Waals surface area (Å²) >= 11 is 0. The zero-order valence-electron chi connectivity index (χ0n) is 17.9. The molecule has 30 heavy (non-hydrogen) atoms. The highest BCUT2D eigenvalue weighted by molar-refractivity contribution is 5.98. The molecule has 0 radical (unpaired) electrons. The van der Waals surface area contributed by atoms with Crippen LogP contribution in [0.4, 0.5) is 0 Å². The summed E-state index contributed by atoms with van der Waals surface area (Å²) in [5.41, 5.74) is 2.44. The van der Waals surface area contributed by atoms with Crippen LogP contribution in [0.25, 0.3) is 11.1 Å². The fraction of sp³-hybridized carbons (Fsp3) is 0.435. The second-order valence-corrected chi connectivity index (χ2v) is 8.15. The van der Waals surface area contributed by atoms with Gasteiger partial charge in [-0.15, -0.1) is 0 Å². The molecule has 0 spiro atoms. The van der Waals surface area contributed by atoms with E-state index in [-0.39, 0.29) is 30.6 Å². The van der Waals surface area contributed by atoms with E-state index in [1.165, 1.54) is 0 Å². The normalized spacial score (nSPS) is 20.0. The van der Waals surface area contributed by atoms with Crippen LogP contribution in [0.3, 0.4) is 0 Å². The van der Waals surface area contributed by atoms with E-state index in [9.17, 15) is 15.2 Å². The van der Waals surface area contributed by atoms with Crippen LogP contribution in [-0.4, -0.2) is 71.7 Å². The largest absolute Gasteiger partial charge is 0.472 e. The SMILES string of the molecule is C[C@@H]1CN([C@@H](C)CO)C(=O)c2cc(-c3cccc(C#N)c3)cnc2O[C@@H]1CN(C)C. The van der Waals surface area contributed by atoms with E-state index < -0.39 is 0 Å². The first kappa shape index (κ1) is 21.8. The molecule has 7 nitrogen and oxygen atoms in total. The third-order valence-electron chi connectivity index (χ3n) is 5.39. The average molecular weight is 409 g/mol. The van der Waals surface area contributed by atoms with Crippen LogP contribution in [0.1, 0.15) is 29.8 Å². The molecule has 1 aliphatic rings. The van der Waals surface area contributed by atoms with Gasteiger partial charge in [0.05, 0.1) is 24.3 Å². The number of nitriles is 1. The van der Waals surface area contributed by atoms with Crippen molar-refractivity contribution in [2.45, 2.75) is 26.0 Å². The van der Waals surface area contributed by atoms with E-state index >= 15 is 0 Å². The van der Waals surface area contributed by atoms with Gasteiger partial charge in [0.25, 0.3) is 5.91 Å². The summed E-state index contributed by atoms with van der Waals surface area (Å²) in [5.74, 6) is 0.147. The van der Waals surface area contributed by atoms with Crippen LogP contribution >= 0.6 is 0 Å². The summed E-state index contributed by atoms with van der Waals surface area (Å²) in [5, 5.41) is 18.9. The van der Waals surface area contributed by atoms with Crippen molar-refractivity contribution in [3.05, 3.63) is 47.7 Å². The number of hydrogen-bond acceptors (Lipinski definition) is 6. The molecule has 0 saturated carbocycles. The molecule has 1 aromatic heterocycles. The van der Waals surface area contributed by atoms with E-state index in [1.54, 1.807) is 35.4 Å². The lowest BCUT2D eigenvalue weighted by Gasteiger charge is -2.37. The zero-order valence-corrected chi connectivity index (χ0v) is 17.9. The Kier molecular flexibility index (Phi) is 6.70. The standard InChI is InChI=1S/C23H28N4O3/c1-15-12-27(16(2)14-28)23(29)20-9-19(18-7-5-6-17(8-18)10-24)11-25-22(20)30-21(15)13-26(3)4/h5-9,11,15-16,21,28H,12-14H2,1-4H3/t15-,16+,21-/m1/s1. The van der Waals surface area contributed by atoms with E-state index in [4.69, 9.17) is 4.74 Å². The van der Waals surface area contributed by atoms with Gasteiger partial charge in [0.15, 0.2) is 0 Å². The van der Waals surface area contributed by atoms with Crippen molar-refractivity contribution < 1.29 is 14.6 Å². The van der Waals surface area contributed by atoms with Crippen LogP contribution in [0, 0.1) is 17.2 Å². The Morgan fingerprint density at radius 1 is 1.37 bits per heavy atom. The quantitative estimate of drug-likeness (QED) is 0.817. The van der Waals surface area contributed by atoms with Gasteiger partial charge < -0.3 is 19.6 Å². The molecule has 1 amide bonds. The molecule has 0 aliphatic carbocycles. The minimum absolute atomic E-state index is 0.0623. The lowest BCUT2D eigenvalue weighted by atomic mass is 9.99. The van der Waals surface area contributed by atoms with Crippen molar-refractivity contribution in [2.24, 2.45) is 5.92 Å². The van der Waals surface area contributed by atoms with Gasteiger partial charge in [-0.05, 0) is 44.8 Å². The highest BCUT2D eigenvalue weighted by Gasteiger charge is 2.34. The highest BCUT2D eigenvalue weighted by Crippen LogP contribution is 2.30. The van der Waals surface area contributed by atoms with Gasteiger partial charge in [0, 0.05) is 30.8 Å². The first-order valence-electron chi connectivity index (χ1n) is 10.1. The maximum atomic E-state index is 13.4. The third-order valence-corrected chi connectivity index (χ3v) is 5.39. The molecule has 7 heteroatoms. The number of likely N-dealkylation sites (N-methyl/N-ethyl adjacent to an activating group) is 1. The van der Waals surface area contributed by atoms with Crippen LogP contribution < -0.4 is 4.74 Å². The van der Waals surface area contributed by atoms with E-state index in [2.05, 4.69) is 11.1 Å². The summed E-state index contributed by atoms with van der Waals surface area (Å²) in [6, 6.07) is 10.8. The topological polar surface area (TPSA) is 89.7 Å². The summed E-state index contributed by atoms with van der Waals surface area (Å²) < 4.78 is 6.21. The average Bonchev–Trinajstić information content (AvgIpc) is 2.75. The molecule has 0 saturated heterocycles. The molecule has 0 unspecified atom stereocenters. The maximum Gasteiger partial charge on any atom is 0.259 e. The maximum absolute atomic E-state index is 13.4. The molecule has 2 heterocycles. The van der Waals surface area contributed by atoms with Crippen molar-refractivity contribution in [1.82, 2.24) is 14.8 Å². The number of ether oxygens (including phenoxy) is 1. The molecule has 3 atom stereocenters. The van der Waals surface area contributed by atoms with E-state index in [1.807, 2.05) is 38.9 Å². The van der Waals surface area contributed by atoms with Crippen molar-refractivity contribution in [1.29, 1.82) is 5.26 Å². The van der Waals surface area contributed by atoms with Crippen molar-refractivity contribution in [3.63, 3.8) is 0 Å². The lowest BCUT2D eigenvalue weighted by Crippen LogP contribution is -2.49. The number of rotatable bonds is 5. The molecular weight excluding hydrogens is 380 g/mol. The molecule has 0 bridgehead atoms. The smallest absolute Gasteiger partial charge is 0.259 e. The fourth-order valence-corrected chi connectivity index (χ4v) is 3.61. The molecule has 3 rings (SSSR count). The van der Waals surface area contributed by atoms with Gasteiger partial charge in [-0.25, -0.2) is 4.98 Å². The number of aliphatic hydroxyl groups is 1. The summed E-state index contributed by atoms with van der Waals surface area (Å²) in [4.78, 5) is 21.6. The van der Waals surface area contributed by atoms with E-state index in [0.29, 0.717) is 30.1 Å². The Labute approximate surface area is 177 Å². The number of aliphatic hydroxyl groups excluding tert-OH is 1. The molecule has 158 valence electrons. The number of nitrogens with zero attached hydrogens (tertiary/aromatic N) is 4. The second kappa shape index (κ2) is 9.24. The molecule has 1 aliphatic heterocycles. The van der Waals surface area contributed by atoms with Gasteiger partial charge in [0.1, 0.15) is 11.7 Å². The number of benzene rings is 1. The van der Waals surface area contributed by atoms with Gasteiger partial charge in [-0.3, -0.25) is 4.79 Å². The molecule has 0 fully saturated rings. The molecular formula is C23H28N4O3. The Morgan fingerprint density at radius 3 is 2.80 bits per heavy atom. The summed E-state index contributed by atoms with van der Waals surface area (Å²) in [6.07, 6.45) is 1.52. The molecule has 1 N–H and O–H groups in total. The number of pyridine rings is 1. The number of amides is 1. The molecule has 2 aromatic rings. The van der Waals surface area contributed by atoms with E-state index in [0.717, 1.165) is 11.1 Å². The van der Waals surface area contributed by atoms with Gasteiger partial charge in [-0.1, -0.05) is 19.1 Å². The number of hydrogen-bond donors (Lipinski definition) is 1. The minimum Gasteiger partial charge on any atom is -0.472 e. The van der Waals surface area contributed by atoms with Crippen LogP contribution in [0.5, 0.6) is 5.88 Å². The number of fused-ring (bicyclic) bond motifs is 1. The first-order valence-corrected chi connectivity index (χ1v) is 10.1. The second-order valence-electron chi connectivity index (χ2n) is 8.15. The number of aromatic nitrogens is 1. The third kappa shape index (κ3) is 4.61. The van der Waals surface area contributed by atoms with Crippen LogP contribution in [0.15, 0.2) is 36.5 Å². The summed E-state index contributed by atoms with van der Waals surface area (Å²) in [7, 11) is 3.96. The zero-order chi connectivity index (χ0) is 21.8. The number of carbonyl (C=O) groups is 1. The first-order chi connectivity index (χ1) is 14.3. The summed E-state index contributed by atoms with van der Waals surface area (Å²) in [6.45, 7) is 4.92. The fourth-order valence-electron chi connectivity index (χ4n) is 3.61. The number of carbonyl (C=O) groups excluding carboxylic acids is 1. The predicted molar refractivity (Wildman–Crippen MR) is 114 cm³/mol. The Hall–Kier alpha value is -2.95. The Morgan fingerprint density at radius 2 is 2.13 bits per heavy atom. The Balaban J connectivity index is 2.08. The van der Waals surface area contributed by atoms with Gasteiger partial charge >= 0.3 is 0 Å². The van der Waals surface area contributed by atoms with Gasteiger partial charge in [-0.2, -0.15) is 5.26 Å². The minimum atomic E-state index is -0.323. The van der Waals surface area contributed by atoms with Gasteiger partial charge in [0.2, 0.25) is 5.88 Å². The van der Waals surface area contributed by atoms with Crippen LogP contribution in [-0.2, 0) is 0 Å². The Bertz CT molecular complexity index is 954. The lowest BCUT2D eigenvalue weighted by molar-refractivity contribution is 0.0348.